The van der Waals surface area contributed by atoms with E-state index in [0.29, 0.717) is 26.2 Å². The van der Waals surface area contributed by atoms with Crippen molar-refractivity contribution < 1.29 is 18.0 Å². The van der Waals surface area contributed by atoms with E-state index in [9.17, 15) is 18.0 Å². The molecule has 1 aliphatic rings. The van der Waals surface area contributed by atoms with Crippen LogP contribution in [0.15, 0.2) is 29.8 Å². The number of hydrogen-bond acceptors (Lipinski definition) is 4. The summed E-state index contributed by atoms with van der Waals surface area (Å²) in [5.74, 6) is -0.589. The summed E-state index contributed by atoms with van der Waals surface area (Å²) in [4.78, 5) is 19.0. The topological polar surface area (TPSA) is 36.4 Å². The fourth-order valence-corrected chi connectivity index (χ4v) is 3.51. The molecule has 1 aromatic heterocycles. The van der Waals surface area contributed by atoms with Crippen LogP contribution in [0.1, 0.15) is 20.9 Å². The lowest BCUT2D eigenvalue weighted by atomic mass is 10.2. The molecule has 0 atom stereocenters. The number of amides is 1. The Labute approximate surface area is 141 Å². The minimum atomic E-state index is -4.60. The Morgan fingerprint density at radius 2 is 1.92 bits per heavy atom. The first-order valence-electron chi connectivity index (χ1n) is 7.48. The molecule has 1 fully saturated rings. The number of halogens is 3. The number of anilines is 1. The Morgan fingerprint density at radius 3 is 2.54 bits per heavy atom. The lowest BCUT2D eigenvalue weighted by Gasteiger charge is -2.36. The molecule has 0 saturated carbocycles. The van der Waals surface area contributed by atoms with E-state index >= 15 is 0 Å². The maximum absolute atomic E-state index is 12.9. The Bertz CT molecular complexity index is 736. The Kier molecular flexibility index (Phi) is 4.49. The van der Waals surface area contributed by atoms with Gasteiger partial charge in [-0.05, 0) is 24.6 Å². The molecule has 1 aromatic carbocycles. The fraction of sp³-hybridized carbons (Fsp3) is 0.375. The average Bonchev–Trinajstić information content (AvgIpc) is 3.04. The lowest BCUT2D eigenvalue weighted by molar-refractivity contribution is -0.141. The molecule has 0 bridgehead atoms. The van der Waals surface area contributed by atoms with Crippen molar-refractivity contribution in [2.75, 3.05) is 31.1 Å². The summed E-state index contributed by atoms with van der Waals surface area (Å²) in [5, 5.41) is 0. The van der Waals surface area contributed by atoms with E-state index in [1.807, 2.05) is 25.1 Å². The molecule has 1 aliphatic heterocycles. The molecule has 0 radical (unpaired) electrons. The van der Waals surface area contributed by atoms with E-state index in [4.69, 9.17) is 0 Å². The smallest absolute Gasteiger partial charge is 0.368 e. The fourth-order valence-electron chi connectivity index (χ4n) is 2.74. The maximum Gasteiger partial charge on any atom is 0.434 e. The monoisotopic (exact) mass is 355 g/mol. The van der Waals surface area contributed by atoms with Crippen LogP contribution in [0.5, 0.6) is 0 Å². The molecule has 1 saturated heterocycles. The van der Waals surface area contributed by atoms with Crippen molar-refractivity contribution in [2.45, 2.75) is 13.1 Å². The molecule has 2 aromatic rings. The van der Waals surface area contributed by atoms with Crippen LogP contribution in [-0.4, -0.2) is 42.0 Å². The second-order valence-corrected chi connectivity index (χ2v) is 6.50. The van der Waals surface area contributed by atoms with Gasteiger partial charge in [0.1, 0.15) is 4.88 Å². The molecule has 0 spiro atoms. The quantitative estimate of drug-likeness (QED) is 0.828. The van der Waals surface area contributed by atoms with Crippen LogP contribution in [0.3, 0.4) is 0 Å². The highest BCUT2D eigenvalue weighted by Crippen LogP contribution is 2.33. The third kappa shape index (κ3) is 3.38. The first kappa shape index (κ1) is 16.8. The standard InChI is InChI=1S/C16H16F3N3OS/c1-11-3-2-4-12(9-11)21-5-7-22(8-6-21)15(23)13-14(16(17,18)19)20-10-24-13/h2-4,9-10H,5-8H2,1H3. The first-order chi connectivity index (χ1) is 11.4. The third-order valence-corrected chi connectivity index (χ3v) is 4.78. The number of carbonyl (C=O) groups is 1. The van der Waals surface area contributed by atoms with Gasteiger partial charge < -0.3 is 9.80 Å². The van der Waals surface area contributed by atoms with Gasteiger partial charge >= 0.3 is 6.18 Å². The number of carbonyl (C=O) groups excluding carboxylic acids is 1. The molecular weight excluding hydrogens is 339 g/mol. The van der Waals surface area contributed by atoms with Crippen molar-refractivity contribution in [3.8, 4) is 0 Å². The van der Waals surface area contributed by atoms with Gasteiger partial charge in [0.15, 0.2) is 5.69 Å². The third-order valence-electron chi connectivity index (χ3n) is 3.96. The predicted molar refractivity (Wildman–Crippen MR) is 86.4 cm³/mol. The van der Waals surface area contributed by atoms with Gasteiger partial charge in [-0.1, -0.05) is 12.1 Å². The minimum Gasteiger partial charge on any atom is -0.368 e. The highest BCUT2D eigenvalue weighted by molar-refractivity contribution is 7.11. The zero-order valence-electron chi connectivity index (χ0n) is 13.0. The van der Waals surface area contributed by atoms with Crippen LogP contribution in [0.4, 0.5) is 18.9 Å². The summed E-state index contributed by atoms with van der Waals surface area (Å²) in [6.07, 6.45) is -4.60. The number of thiazole rings is 1. The molecule has 3 rings (SSSR count). The molecule has 4 nitrogen and oxygen atoms in total. The number of aromatic nitrogens is 1. The van der Waals surface area contributed by atoms with Crippen LogP contribution in [0.2, 0.25) is 0 Å². The van der Waals surface area contributed by atoms with Gasteiger partial charge in [0.2, 0.25) is 0 Å². The van der Waals surface area contributed by atoms with Gasteiger partial charge in [-0.15, -0.1) is 11.3 Å². The molecule has 128 valence electrons. The molecule has 8 heteroatoms. The normalized spacial score (nSPS) is 15.7. The van der Waals surface area contributed by atoms with Crippen molar-refractivity contribution in [2.24, 2.45) is 0 Å². The van der Waals surface area contributed by atoms with Crippen molar-refractivity contribution in [3.63, 3.8) is 0 Å². The number of alkyl halides is 3. The summed E-state index contributed by atoms with van der Waals surface area (Å²) in [6, 6.07) is 8.03. The molecule has 0 N–H and O–H groups in total. The number of piperazine rings is 1. The number of rotatable bonds is 2. The van der Waals surface area contributed by atoms with E-state index in [1.54, 1.807) is 0 Å². The van der Waals surface area contributed by atoms with Gasteiger partial charge in [-0.2, -0.15) is 13.2 Å². The van der Waals surface area contributed by atoms with Gasteiger partial charge in [-0.3, -0.25) is 4.79 Å². The van der Waals surface area contributed by atoms with E-state index in [0.717, 1.165) is 28.1 Å². The largest absolute Gasteiger partial charge is 0.434 e. The summed E-state index contributed by atoms with van der Waals surface area (Å²) in [6.45, 7) is 3.97. The number of aryl methyl sites for hydroxylation is 1. The number of benzene rings is 1. The Hall–Kier alpha value is -2.09. The zero-order chi connectivity index (χ0) is 17.3. The molecule has 2 heterocycles. The Balaban J connectivity index is 1.69. The molecular formula is C16H16F3N3OS. The van der Waals surface area contributed by atoms with Crippen molar-refractivity contribution in [1.29, 1.82) is 0 Å². The molecule has 0 aliphatic carbocycles. The van der Waals surface area contributed by atoms with E-state index < -0.39 is 17.8 Å². The second kappa shape index (κ2) is 6.43. The van der Waals surface area contributed by atoms with Crippen molar-refractivity contribution >= 4 is 22.9 Å². The van der Waals surface area contributed by atoms with Gasteiger partial charge in [0.25, 0.3) is 5.91 Å². The first-order valence-corrected chi connectivity index (χ1v) is 8.36. The maximum atomic E-state index is 12.9. The summed E-state index contributed by atoms with van der Waals surface area (Å²) < 4.78 is 38.7. The minimum absolute atomic E-state index is 0.327. The zero-order valence-corrected chi connectivity index (χ0v) is 13.8. The van der Waals surface area contributed by atoms with Crippen LogP contribution in [0.25, 0.3) is 0 Å². The van der Waals surface area contributed by atoms with Crippen LogP contribution in [0, 0.1) is 6.92 Å². The van der Waals surface area contributed by atoms with Gasteiger partial charge in [0.05, 0.1) is 5.51 Å². The van der Waals surface area contributed by atoms with Crippen molar-refractivity contribution in [3.05, 3.63) is 45.9 Å². The predicted octanol–water partition coefficient (Wildman–Crippen LogP) is 3.43. The Morgan fingerprint density at radius 1 is 1.21 bits per heavy atom. The van der Waals surface area contributed by atoms with Gasteiger partial charge in [-0.25, -0.2) is 4.98 Å². The summed E-state index contributed by atoms with van der Waals surface area (Å²) in [7, 11) is 0. The van der Waals surface area contributed by atoms with E-state index in [2.05, 4.69) is 16.0 Å². The highest BCUT2D eigenvalue weighted by Gasteiger charge is 2.39. The summed E-state index contributed by atoms with van der Waals surface area (Å²) >= 11 is 0.741. The summed E-state index contributed by atoms with van der Waals surface area (Å²) in [5.41, 5.74) is 2.19. The van der Waals surface area contributed by atoms with Crippen LogP contribution in [-0.2, 0) is 6.18 Å². The highest BCUT2D eigenvalue weighted by atomic mass is 32.1. The average molecular weight is 355 g/mol. The van der Waals surface area contributed by atoms with Gasteiger partial charge in [0, 0.05) is 31.9 Å². The second-order valence-electron chi connectivity index (χ2n) is 5.65. The van der Waals surface area contributed by atoms with E-state index in [1.165, 1.54) is 4.90 Å². The lowest BCUT2D eigenvalue weighted by Crippen LogP contribution is -2.49. The SMILES string of the molecule is Cc1cccc(N2CCN(C(=O)c3scnc3C(F)(F)F)CC2)c1. The molecule has 24 heavy (non-hydrogen) atoms. The number of hydrogen-bond donors (Lipinski definition) is 0. The molecule has 0 unspecified atom stereocenters. The number of nitrogens with zero attached hydrogens (tertiary/aromatic N) is 3. The van der Waals surface area contributed by atoms with Crippen molar-refractivity contribution in [1.82, 2.24) is 9.88 Å². The van der Waals surface area contributed by atoms with Crippen LogP contribution < -0.4 is 4.90 Å². The molecule has 1 amide bonds. The van der Waals surface area contributed by atoms with Crippen LogP contribution >= 0.6 is 11.3 Å². The van der Waals surface area contributed by atoms with E-state index in [-0.39, 0.29) is 4.88 Å².